The monoisotopic (exact) mass is 299 g/mol. The van der Waals surface area contributed by atoms with E-state index in [-0.39, 0.29) is 0 Å². The third-order valence-corrected chi connectivity index (χ3v) is 3.61. The van der Waals surface area contributed by atoms with Crippen LogP contribution in [0.2, 0.25) is 0 Å². The molecule has 22 heavy (non-hydrogen) atoms. The Balaban J connectivity index is 2.21. The van der Waals surface area contributed by atoms with Gasteiger partial charge in [-0.1, -0.05) is 45.4 Å². The lowest BCUT2D eigenvalue weighted by atomic mass is 10.1. The van der Waals surface area contributed by atoms with Gasteiger partial charge in [0.25, 0.3) is 0 Å². The third-order valence-electron chi connectivity index (χ3n) is 3.61. The van der Waals surface area contributed by atoms with Crippen molar-refractivity contribution in [3.63, 3.8) is 0 Å². The Hall–Kier alpha value is -2.03. The van der Waals surface area contributed by atoms with Gasteiger partial charge in [-0.05, 0) is 30.0 Å². The summed E-state index contributed by atoms with van der Waals surface area (Å²) in [5.74, 6) is 2.13. The number of pyridine rings is 1. The van der Waals surface area contributed by atoms with Gasteiger partial charge in [-0.25, -0.2) is 4.98 Å². The van der Waals surface area contributed by atoms with Crippen molar-refractivity contribution in [2.45, 2.75) is 33.6 Å². The van der Waals surface area contributed by atoms with Crippen molar-refractivity contribution in [3.8, 4) is 22.8 Å². The summed E-state index contributed by atoms with van der Waals surface area (Å²) in [6, 6.07) is 12.1. The zero-order chi connectivity index (χ0) is 15.8. The highest BCUT2D eigenvalue weighted by atomic mass is 16.5. The van der Waals surface area contributed by atoms with E-state index >= 15 is 0 Å². The largest absolute Gasteiger partial charge is 0.493 e. The SMILES string of the molecule is CCCOc1cc(-c2ccccc2OCC(C)CC)ccn1. The molecule has 0 fully saturated rings. The van der Waals surface area contributed by atoms with Crippen LogP contribution in [0.4, 0.5) is 0 Å². The molecule has 0 aliphatic carbocycles. The number of hydrogen-bond acceptors (Lipinski definition) is 3. The van der Waals surface area contributed by atoms with Gasteiger partial charge in [0.1, 0.15) is 5.75 Å². The standard InChI is InChI=1S/C19H25NO2/c1-4-12-21-19-13-16(10-11-20-19)17-8-6-7-9-18(17)22-14-15(3)5-2/h6-11,13,15H,4-5,12,14H2,1-3H3. The fourth-order valence-corrected chi connectivity index (χ4v) is 2.04. The Morgan fingerprint density at radius 2 is 1.91 bits per heavy atom. The predicted molar refractivity (Wildman–Crippen MR) is 90.4 cm³/mol. The van der Waals surface area contributed by atoms with Crippen molar-refractivity contribution < 1.29 is 9.47 Å². The minimum absolute atomic E-state index is 0.550. The first-order chi connectivity index (χ1) is 10.7. The zero-order valence-corrected chi connectivity index (χ0v) is 13.7. The van der Waals surface area contributed by atoms with E-state index in [2.05, 4.69) is 31.8 Å². The molecular formula is C19H25NO2. The van der Waals surface area contributed by atoms with E-state index in [1.165, 1.54) is 0 Å². The summed E-state index contributed by atoms with van der Waals surface area (Å²) in [7, 11) is 0. The van der Waals surface area contributed by atoms with E-state index in [0.29, 0.717) is 18.4 Å². The van der Waals surface area contributed by atoms with Crippen molar-refractivity contribution in [1.82, 2.24) is 4.98 Å². The molecule has 0 saturated heterocycles. The Labute approximate surface area is 133 Å². The minimum Gasteiger partial charge on any atom is -0.493 e. The highest BCUT2D eigenvalue weighted by Gasteiger charge is 2.09. The molecule has 0 saturated carbocycles. The highest BCUT2D eigenvalue weighted by molar-refractivity contribution is 5.70. The number of aromatic nitrogens is 1. The van der Waals surface area contributed by atoms with Gasteiger partial charge in [0.15, 0.2) is 0 Å². The molecule has 1 aromatic heterocycles. The Morgan fingerprint density at radius 3 is 2.68 bits per heavy atom. The van der Waals surface area contributed by atoms with Crippen LogP contribution in [-0.4, -0.2) is 18.2 Å². The number of nitrogens with zero attached hydrogens (tertiary/aromatic N) is 1. The third kappa shape index (κ3) is 4.48. The molecule has 2 rings (SSSR count). The summed E-state index contributed by atoms with van der Waals surface area (Å²) in [5, 5.41) is 0. The van der Waals surface area contributed by atoms with Gasteiger partial charge in [-0.2, -0.15) is 0 Å². The second-order valence-corrected chi connectivity index (χ2v) is 5.55. The summed E-state index contributed by atoms with van der Waals surface area (Å²) in [6.45, 7) is 7.88. The van der Waals surface area contributed by atoms with Crippen LogP contribution < -0.4 is 9.47 Å². The fourth-order valence-electron chi connectivity index (χ4n) is 2.04. The second kappa shape index (κ2) is 8.42. The van der Waals surface area contributed by atoms with E-state index in [1.54, 1.807) is 6.20 Å². The van der Waals surface area contributed by atoms with Crippen LogP contribution >= 0.6 is 0 Å². The van der Waals surface area contributed by atoms with E-state index in [9.17, 15) is 0 Å². The zero-order valence-electron chi connectivity index (χ0n) is 13.7. The van der Waals surface area contributed by atoms with Gasteiger partial charge < -0.3 is 9.47 Å². The minimum atomic E-state index is 0.550. The summed E-state index contributed by atoms with van der Waals surface area (Å²) >= 11 is 0. The highest BCUT2D eigenvalue weighted by Crippen LogP contribution is 2.31. The van der Waals surface area contributed by atoms with Gasteiger partial charge in [0.05, 0.1) is 13.2 Å². The van der Waals surface area contributed by atoms with Crippen LogP contribution in [0.3, 0.4) is 0 Å². The maximum atomic E-state index is 6.00. The normalized spacial score (nSPS) is 12.0. The van der Waals surface area contributed by atoms with Crippen molar-refractivity contribution >= 4 is 0 Å². The average Bonchev–Trinajstić information content (AvgIpc) is 2.58. The van der Waals surface area contributed by atoms with E-state index in [4.69, 9.17) is 9.47 Å². The summed E-state index contributed by atoms with van der Waals surface area (Å²) in [4.78, 5) is 4.26. The van der Waals surface area contributed by atoms with E-state index in [0.717, 1.165) is 36.3 Å². The molecule has 3 heteroatoms. The first-order valence-electron chi connectivity index (χ1n) is 8.05. The number of ether oxygens (including phenoxy) is 2. The molecule has 0 radical (unpaired) electrons. The quantitative estimate of drug-likeness (QED) is 0.690. The van der Waals surface area contributed by atoms with Crippen LogP contribution in [0.15, 0.2) is 42.6 Å². The van der Waals surface area contributed by atoms with Gasteiger partial charge in [0.2, 0.25) is 5.88 Å². The molecule has 3 nitrogen and oxygen atoms in total. The van der Waals surface area contributed by atoms with Crippen LogP contribution in [0.1, 0.15) is 33.6 Å². The van der Waals surface area contributed by atoms with Gasteiger partial charge in [-0.15, -0.1) is 0 Å². The summed E-state index contributed by atoms with van der Waals surface area (Å²) in [6.07, 6.45) is 3.87. The van der Waals surface area contributed by atoms with E-state index in [1.807, 2.05) is 30.3 Å². The number of para-hydroxylation sites is 1. The number of hydrogen-bond donors (Lipinski definition) is 0. The molecule has 118 valence electrons. The van der Waals surface area contributed by atoms with Crippen molar-refractivity contribution in [1.29, 1.82) is 0 Å². The smallest absolute Gasteiger partial charge is 0.213 e. The molecular weight excluding hydrogens is 274 g/mol. The number of rotatable bonds is 8. The second-order valence-electron chi connectivity index (χ2n) is 5.55. The van der Waals surface area contributed by atoms with Crippen molar-refractivity contribution in [3.05, 3.63) is 42.6 Å². The Kier molecular flexibility index (Phi) is 6.26. The fraction of sp³-hybridized carbons (Fsp3) is 0.421. The first-order valence-corrected chi connectivity index (χ1v) is 8.05. The summed E-state index contributed by atoms with van der Waals surface area (Å²) in [5.41, 5.74) is 2.15. The maximum absolute atomic E-state index is 6.00. The van der Waals surface area contributed by atoms with Crippen LogP contribution in [0.5, 0.6) is 11.6 Å². The average molecular weight is 299 g/mol. The van der Waals surface area contributed by atoms with E-state index < -0.39 is 0 Å². The van der Waals surface area contributed by atoms with Crippen LogP contribution in [-0.2, 0) is 0 Å². The summed E-state index contributed by atoms with van der Waals surface area (Å²) < 4.78 is 11.6. The topological polar surface area (TPSA) is 31.4 Å². The van der Waals surface area contributed by atoms with Crippen LogP contribution in [0, 0.1) is 5.92 Å². The Morgan fingerprint density at radius 1 is 1.09 bits per heavy atom. The van der Waals surface area contributed by atoms with Gasteiger partial charge in [-0.3, -0.25) is 0 Å². The number of benzene rings is 1. The maximum Gasteiger partial charge on any atom is 0.213 e. The molecule has 0 N–H and O–H groups in total. The lowest BCUT2D eigenvalue weighted by molar-refractivity contribution is 0.257. The molecule has 1 heterocycles. The molecule has 0 aliphatic rings. The van der Waals surface area contributed by atoms with Gasteiger partial charge in [0, 0.05) is 17.8 Å². The molecule has 1 atom stereocenters. The molecule has 2 aromatic rings. The van der Waals surface area contributed by atoms with Crippen molar-refractivity contribution in [2.24, 2.45) is 5.92 Å². The predicted octanol–water partition coefficient (Wildman–Crippen LogP) is 4.96. The molecule has 1 aromatic carbocycles. The molecule has 0 amide bonds. The molecule has 1 unspecified atom stereocenters. The van der Waals surface area contributed by atoms with Crippen LogP contribution in [0.25, 0.3) is 11.1 Å². The van der Waals surface area contributed by atoms with Gasteiger partial charge >= 0.3 is 0 Å². The Bertz CT molecular complexity index is 583. The first kappa shape index (κ1) is 16.3. The lowest BCUT2D eigenvalue weighted by Gasteiger charge is -2.15. The molecule has 0 bridgehead atoms. The molecule has 0 spiro atoms. The molecule has 0 aliphatic heterocycles. The van der Waals surface area contributed by atoms with Crippen molar-refractivity contribution in [2.75, 3.05) is 13.2 Å². The lowest BCUT2D eigenvalue weighted by Crippen LogP contribution is -2.07.